The summed E-state index contributed by atoms with van der Waals surface area (Å²) in [7, 11) is -2.55. The average molecular weight is 594 g/mol. The summed E-state index contributed by atoms with van der Waals surface area (Å²) in [6.07, 6.45) is 0.0740. The summed E-state index contributed by atoms with van der Waals surface area (Å²) in [5.41, 5.74) is 2.00. The molecule has 3 aromatic rings. The van der Waals surface area contributed by atoms with Crippen molar-refractivity contribution in [2.24, 2.45) is 0 Å². The van der Waals surface area contributed by atoms with Crippen LogP contribution in [0.4, 0.5) is 15.7 Å². The van der Waals surface area contributed by atoms with Crippen LogP contribution in [0.15, 0.2) is 22.4 Å². The molecule has 0 radical (unpaired) electrons. The topological polar surface area (TPSA) is 138 Å². The van der Waals surface area contributed by atoms with Gasteiger partial charge in [0.25, 0.3) is 10.0 Å². The molecule has 0 spiro atoms. The second-order valence-corrected chi connectivity index (χ2v) is 13.4. The summed E-state index contributed by atoms with van der Waals surface area (Å²) < 4.78 is 32.7. The number of methoxy groups -OCH3 is 1. The maximum Gasteiger partial charge on any atom is 0.413 e. The fourth-order valence-corrected chi connectivity index (χ4v) is 8.24. The fourth-order valence-electron chi connectivity index (χ4n) is 4.39. The number of anilines is 2. The van der Waals surface area contributed by atoms with Gasteiger partial charge >= 0.3 is 6.09 Å². The zero-order valence-electron chi connectivity index (χ0n) is 22.4. The number of carbonyl (C=O) groups excluding carboxylic acids is 2. The van der Waals surface area contributed by atoms with E-state index in [-0.39, 0.29) is 15.4 Å². The number of rotatable bonds is 9. The van der Waals surface area contributed by atoms with Crippen molar-refractivity contribution in [3.8, 4) is 10.6 Å². The largest absolute Gasteiger partial charge is 0.453 e. The van der Waals surface area contributed by atoms with Gasteiger partial charge in [0.2, 0.25) is 6.41 Å². The van der Waals surface area contributed by atoms with Crippen molar-refractivity contribution in [3.05, 3.63) is 34.6 Å². The van der Waals surface area contributed by atoms with Crippen molar-refractivity contribution in [2.75, 3.05) is 50.1 Å². The van der Waals surface area contributed by atoms with E-state index in [9.17, 15) is 18.0 Å². The molecule has 0 unspecified atom stereocenters. The summed E-state index contributed by atoms with van der Waals surface area (Å²) in [6, 6.07) is 5.42. The number of hydrogen-bond donors (Lipinski definition) is 1. The van der Waals surface area contributed by atoms with Gasteiger partial charge in [0, 0.05) is 38.8 Å². The van der Waals surface area contributed by atoms with E-state index in [4.69, 9.17) is 4.98 Å². The van der Waals surface area contributed by atoms with Crippen molar-refractivity contribution >= 4 is 56.1 Å². The Kier molecular flexibility index (Phi) is 8.96. The average Bonchev–Trinajstić information content (AvgIpc) is 3.45. The van der Waals surface area contributed by atoms with Crippen LogP contribution >= 0.6 is 22.7 Å². The van der Waals surface area contributed by atoms with Crippen molar-refractivity contribution < 1.29 is 22.7 Å². The number of nitrogens with one attached hydrogen (secondary N) is 1. The number of hydrogen-bond acceptors (Lipinski definition) is 11. The highest BCUT2D eigenvalue weighted by atomic mass is 32.2. The second-order valence-electron chi connectivity index (χ2n) is 9.10. The number of sulfonamides is 1. The first kappa shape index (κ1) is 29.0. The third-order valence-electron chi connectivity index (χ3n) is 6.30. The van der Waals surface area contributed by atoms with Gasteiger partial charge in [0.1, 0.15) is 5.82 Å². The van der Waals surface area contributed by atoms with Crippen molar-refractivity contribution in [1.29, 1.82) is 0 Å². The molecule has 0 aromatic carbocycles. The van der Waals surface area contributed by atoms with E-state index in [0.717, 1.165) is 39.0 Å². The van der Waals surface area contributed by atoms with Gasteiger partial charge in [-0.3, -0.25) is 19.9 Å². The lowest BCUT2D eigenvalue weighted by Gasteiger charge is -2.36. The molecule has 39 heavy (non-hydrogen) atoms. The molecule has 1 N–H and O–H groups in total. The summed E-state index contributed by atoms with van der Waals surface area (Å²) in [5.74, 6) is 0.554. The SMILES string of the molecule is COC(=O)Nc1nc(C)c(S(=O)(=O)N2CCN(C[C@H](C)N(C=O)c3cccc(-c4sc(C)nc4C)n3)CC2)s1. The third kappa shape index (κ3) is 6.44. The molecule has 4 heterocycles. The molecule has 12 nitrogen and oxygen atoms in total. The Morgan fingerprint density at radius 3 is 2.46 bits per heavy atom. The number of aryl methyl sites for hydroxylation is 3. The molecule has 3 aromatic heterocycles. The smallest absolute Gasteiger partial charge is 0.413 e. The Balaban J connectivity index is 1.39. The molecule has 0 saturated carbocycles. The monoisotopic (exact) mass is 593 g/mol. The van der Waals surface area contributed by atoms with Gasteiger partial charge in [-0.2, -0.15) is 4.31 Å². The molecular weight excluding hydrogens is 563 g/mol. The van der Waals surface area contributed by atoms with Gasteiger partial charge in [0.15, 0.2) is 9.34 Å². The molecule has 1 atom stereocenters. The Morgan fingerprint density at radius 1 is 1.13 bits per heavy atom. The Hall–Kier alpha value is -2.98. The summed E-state index contributed by atoms with van der Waals surface area (Å²) in [6.45, 7) is 9.61. The van der Waals surface area contributed by atoms with Gasteiger partial charge in [-0.1, -0.05) is 17.4 Å². The minimum absolute atomic E-state index is 0.0974. The second kappa shape index (κ2) is 12.0. The van der Waals surface area contributed by atoms with Crippen LogP contribution < -0.4 is 10.2 Å². The lowest BCUT2D eigenvalue weighted by molar-refractivity contribution is -0.108. The standard InChI is InChI=1S/C24H31N7O5S3/c1-15(31(14-32)20-8-6-7-19(27-20)21-16(2)25-18(4)37-21)13-29-9-11-30(12-10-29)39(34,35)22-17(3)26-23(38-22)28-24(33)36-5/h6-8,14-15H,9-13H2,1-5H3,(H,26,28,33)/t15-/m0/s1. The number of thiazole rings is 2. The zero-order valence-corrected chi connectivity index (χ0v) is 24.8. The molecule has 210 valence electrons. The maximum absolute atomic E-state index is 13.3. The quantitative estimate of drug-likeness (QED) is 0.371. The summed E-state index contributed by atoms with van der Waals surface area (Å²) in [4.78, 5) is 41.6. The van der Waals surface area contributed by atoms with E-state index in [1.807, 2.05) is 39.0 Å². The fraction of sp³-hybridized carbons (Fsp3) is 0.458. The van der Waals surface area contributed by atoms with Gasteiger partial charge < -0.3 is 4.74 Å². The molecule has 15 heteroatoms. The van der Waals surface area contributed by atoms with Crippen LogP contribution in [0, 0.1) is 20.8 Å². The number of ether oxygens (including phenoxy) is 1. The number of nitrogens with zero attached hydrogens (tertiary/aromatic N) is 6. The molecule has 2 amide bonds. The van der Waals surface area contributed by atoms with E-state index in [0.29, 0.717) is 44.2 Å². The minimum atomic E-state index is -3.77. The Morgan fingerprint density at radius 2 is 1.85 bits per heavy atom. The van der Waals surface area contributed by atoms with E-state index in [1.165, 1.54) is 11.4 Å². The van der Waals surface area contributed by atoms with Crippen molar-refractivity contribution in [3.63, 3.8) is 0 Å². The normalized spacial score (nSPS) is 15.6. The number of amides is 2. The van der Waals surface area contributed by atoms with Gasteiger partial charge in [-0.25, -0.2) is 28.2 Å². The van der Waals surface area contributed by atoms with E-state index in [1.54, 1.807) is 23.2 Å². The first-order valence-electron chi connectivity index (χ1n) is 12.2. The summed E-state index contributed by atoms with van der Waals surface area (Å²) in [5, 5.41) is 3.54. The molecule has 0 bridgehead atoms. The number of piperazine rings is 1. The molecule has 1 aliphatic rings. The lowest BCUT2D eigenvalue weighted by Crippen LogP contribution is -2.52. The lowest BCUT2D eigenvalue weighted by atomic mass is 10.2. The molecule has 1 aliphatic heterocycles. The molecule has 0 aliphatic carbocycles. The molecule has 1 fully saturated rings. The van der Waals surface area contributed by atoms with Crippen LogP contribution in [-0.4, -0.2) is 91.0 Å². The molecule has 1 saturated heterocycles. The van der Waals surface area contributed by atoms with Crippen LogP contribution in [-0.2, 0) is 19.6 Å². The van der Waals surface area contributed by atoms with Gasteiger partial charge in [0.05, 0.1) is 34.1 Å². The number of pyridine rings is 1. The predicted molar refractivity (Wildman–Crippen MR) is 151 cm³/mol. The van der Waals surface area contributed by atoms with Crippen LogP contribution in [0.5, 0.6) is 0 Å². The van der Waals surface area contributed by atoms with Crippen LogP contribution in [0.3, 0.4) is 0 Å². The zero-order chi connectivity index (χ0) is 28.3. The highest BCUT2D eigenvalue weighted by molar-refractivity contribution is 7.91. The first-order chi connectivity index (χ1) is 18.5. The Labute approximate surface area is 235 Å². The third-order valence-corrected chi connectivity index (χ3v) is 11.0. The van der Waals surface area contributed by atoms with Crippen LogP contribution in [0.2, 0.25) is 0 Å². The van der Waals surface area contributed by atoms with E-state index >= 15 is 0 Å². The maximum atomic E-state index is 13.3. The van der Waals surface area contributed by atoms with Crippen LogP contribution in [0.25, 0.3) is 10.6 Å². The first-order valence-corrected chi connectivity index (χ1v) is 15.3. The van der Waals surface area contributed by atoms with E-state index in [2.05, 4.69) is 24.9 Å². The van der Waals surface area contributed by atoms with E-state index < -0.39 is 16.1 Å². The summed E-state index contributed by atoms with van der Waals surface area (Å²) >= 11 is 2.47. The van der Waals surface area contributed by atoms with Gasteiger partial charge in [-0.05, 0) is 39.8 Å². The molecular formula is C24H31N7O5S3. The van der Waals surface area contributed by atoms with Crippen molar-refractivity contribution in [2.45, 2.75) is 37.9 Å². The van der Waals surface area contributed by atoms with Crippen LogP contribution in [0.1, 0.15) is 23.3 Å². The molecule has 4 rings (SSSR count). The van der Waals surface area contributed by atoms with Crippen molar-refractivity contribution in [1.82, 2.24) is 24.2 Å². The highest BCUT2D eigenvalue weighted by Gasteiger charge is 2.33. The number of carbonyl (C=O) groups is 2. The van der Waals surface area contributed by atoms with Gasteiger partial charge in [-0.15, -0.1) is 11.3 Å². The predicted octanol–water partition coefficient (Wildman–Crippen LogP) is 3.12. The Bertz CT molecular complexity index is 1450. The highest BCUT2D eigenvalue weighted by Crippen LogP contribution is 2.31. The number of aromatic nitrogens is 3. The minimum Gasteiger partial charge on any atom is -0.453 e.